The number of aliphatic imine (C=N–C) groups is 1. The van der Waals surface area contributed by atoms with Gasteiger partial charge in [-0.25, -0.2) is 4.99 Å². The quantitative estimate of drug-likeness (QED) is 0.570. The molecular formula is C12H23N3O. The third-order valence-corrected chi connectivity index (χ3v) is 3.83. The summed E-state index contributed by atoms with van der Waals surface area (Å²) in [5.41, 5.74) is 6.06. The molecule has 1 saturated carbocycles. The van der Waals surface area contributed by atoms with E-state index in [1.54, 1.807) is 0 Å². The lowest BCUT2D eigenvalue weighted by molar-refractivity contribution is 0.0995. The van der Waals surface area contributed by atoms with Gasteiger partial charge in [-0.2, -0.15) is 0 Å². The Balaban J connectivity index is 1.94. The fraction of sp³-hybridized carbons (Fsp3) is 0.917. The molecule has 1 aliphatic carbocycles. The molecule has 92 valence electrons. The predicted octanol–water partition coefficient (Wildman–Crippen LogP) is 1.35. The Labute approximate surface area is 97.9 Å². The van der Waals surface area contributed by atoms with Crippen molar-refractivity contribution < 1.29 is 4.74 Å². The zero-order valence-electron chi connectivity index (χ0n) is 10.4. The van der Waals surface area contributed by atoms with Gasteiger partial charge in [0.1, 0.15) is 0 Å². The number of rotatable bonds is 2. The largest absolute Gasteiger partial charge is 0.376 e. The predicted molar refractivity (Wildman–Crippen MR) is 65.5 cm³/mol. The van der Waals surface area contributed by atoms with E-state index in [-0.39, 0.29) is 6.10 Å². The van der Waals surface area contributed by atoms with E-state index in [1.807, 2.05) is 7.05 Å². The molecule has 1 aliphatic heterocycles. The van der Waals surface area contributed by atoms with Crippen LogP contribution in [0.15, 0.2) is 4.99 Å². The lowest BCUT2D eigenvalue weighted by Crippen LogP contribution is -2.45. The van der Waals surface area contributed by atoms with Gasteiger partial charge in [0, 0.05) is 13.7 Å². The van der Waals surface area contributed by atoms with Crippen molar-refractivity contribution in [1.82, 2.24) is 4.90 Å². The van der Waals surface area contributed by atoms with Crippen LogP contribution in [-0.4, -0.2) is 42.7 Å². The second kappa shape index (κ2) is 5.04. The van der Waals surface area contributed by atoms with E-state index in [9.17, 15) is 0 Å². The molecular weight excluding hydrogens is 202 g/mol. The van der Waals surface area contributed by atoms with Crippen LogP contribution in [0.4, 0.5) is 0 Å². The Hall–Kier alpha value is -0.770. The molecule has 2 atom stereocenters. The number of likely N-dealkylation sites (N-methyl/N-ethyl adjacent to an activating group) is 1. The summed E-state index contributed by atoms with van der Waals surface area (Å²) < 4.78 is 5.55. The molecule has 4 heteroatoms. The summed E-state index contributed by atoms with van der Waals surface area (Å²) in [6.45, 7) is 2.95. The number of hydrogen-bond acceptors (Lipinski definition) is 2. The highest BCUT2D eigenvalue weighted by Gasteiger charge is 2.29. The second-order valence-electron chi connectivity index (χ2n) is 4.97. The first-order valence-electron chi connectivity index (χ1n) is 6.36. The van der Waals surface area contributed by atoms with Crippen LogP contribution < -0.4 is 5.73 Å². The summed E-state index contributed by atoms with van der Waals surface area (Å²) in [5.74, 6) is 0.689. The van der Waals surface area contributed by atoms with E-state index in [1.165, 1.54) is 25.7 Å². The molecule has 1 saturated heterocycles. The topological polar surface area (TPSA) is 50.9 Å². The number of ether oxygens (including phenoxy) is 1. The molecule has 0 aromatic rings. The molecule has 2 unspecified atom stereocenters. The first-order chi connectivity index (χ1) is 7.68. The van der Waals surface area contributed by atoms with Gasteiger partial charge in [-0.3, -0.25) is 0 Å². The summed E-state index contributed by atoms with van der Waals surface area (Å²) in [6.07, 6.45) is 6.32. The van der Waals surface area contributed by atoms with Gasteiger partial charge in [-0.1, -0.05) is 12.8 Å². The summed E-state index contributed by atoms with van der Waals surface area (Å²) in [7, 11) is 2.03. The van der Waals surface area contributed by atoms with E-state index in [0.29, 0.717) is 18.0 Å². The van der Waals surface area contributed by atoms with Gasteiger partial charge in [0.25, 0.3) is 0 Å². The molecule has 0 aromatic heterocycles. The van der Waals surface area contributed by atoms with Gasteiger partial charge in [-0.05, 0) is 26.2 Å². The van der Waals surface area contributed by atoms with Crippen LogP contribution in [0.1, 0.15) is 39.0 Å². The molecule has 0 amide bonds. The van der Waals surface area contributed by atoms with Crippen LogP contribution >= 0.6 is 0 Å². The van der Waals surface area contributed by atoms with E-state index in [0.717, 1.165) is 13.0 Å². The average Bonchev–Trinajstić information content (AvgIpc) is 2.88. The number of nitrogens with two attached hydrogens (primary N) is 1. The first-order valence-corrected chi connectivity index (χ1v) is 6.36. The Morgan fingerprint density at radius 2 is 2.00 bits per heavy atom. The molecule has 1 heterocycles. The number of hydrogen-bond donors (Lipinski definition) is 1. The zero-order chi connectivity index (χ0) is 11.5. The molecule has 0 bridgehead atoms. The highest BCUT2D eigenvalue weighted by atomic mass is 16.5. The van der Waals surface area contributed by atoms with Crippen molar-refractivity contribution in [2.45, 2.75) is 57.2 Å². The Morgan fingerprint density at radius 1 is 1.31 bits per heavy atom. The number of guanidine groups is 1. The van der Waals surface area contributed by atoms with Crippen molar-refractivity contribution in [2.24, 2.45) is 10.7 Å². The molecule has 4 nitrogen and oxygen atoms in total. The third-order valence-electron chi connectivity index (χ3n) is 3.83. The van der Waals surface area contributed by atoms with Crippen LogP contribution in [0.3, 0.4) is 0 Å². The minimum absolute atomic E-state index is 0.266. The summed E-state index contributed by atoms with van der Waals surface area (Å²) in [5, 5.41) is 0. The van der Waals surface area contributed by atoms with Crippen molar-refractivity contribution >= 4 is 5.96 Å². The van der Waals surface area contributed by atoms with E-state index in [4.69, 9.17) is 10.5 Å². The summed E-state index contributed by atoms with van der Waals surface area (Å²) in [6, 6.07) is 0.852. The fourth-order valence-electron chi connectivity index (χ4n) is 2.71. The maximum absolute atomic E-state index is 6.06. The van der Waals surface area contributed by atoms with Crippen molar-refractivity contribution in [3.8, 4) is 0 Å². The highest BCUT2D eigenvalue weighted by Crippen LogP contribution is 2.22. The molecule has 2 N–H and O–H groups in total. The van der Waals surface area contributed by atoms with E-state index < -0.39 is 0 Å². The molecule has 0 aromatic carbocycles. The number of nitrogens with zero attached hydrogens (tertiary/aromatic N) is 2. The first kappa shape index (κ1) is 11.7. The van der Waals surface area contributed by atoms with Crippen molar-refractivity contribution in [2.75, 3.05) is 13.7 Å². The maximum Gasteiger partial charge on any atom is 0.191 e. The Kier molecular flexibility index (Phi) is 3.69. The van der Waals surface area contributed by atoms with Crippen molar-refractivity contribution in [3.05, 3.63) is 0 Å². The highest BCUT2D eigenvalue weighted by molar-refractivity contribution is 5.78. The van der Waals surface area contributed by atoms with Gasteiger partial charge in [0.05, 0.1) is 18.2 Å². The van der Waals surface area contributed by atoms with E-state index >= 15 is 0 Å². The maximum atomic E-state index is 6.06. The van der Waals surface area contributed by atoms with Crippen LogP contribution in [0.5, 0.6) is 0 Å². The van der Waals surface area contributed by atoms with Gasteiger partial charge in [0.2, 0.25) is 0 Å². The normalized spacial score (nSPS) is 32.2. The van der Waals surface area contributed by atoms with Gasteiger partial charge in [-0.15, -0.1) is 0 Å². The lowest BCUT2D eigenvalue weighted by Gasteiger charge is -2.28. The van der Waals surface area contributed by atoms with E-state index in [2.05, 4.69) is 16.8 Å². The zero-order valence-corrected chi connectivity index (χ0v) is 10.4. The molecule has 0 radical (unpaired) electrons. The monoisotopic (exact) mass is 225 g/mol. The van der Waals surface area contributed by atoms with Crippen LogP contribution in [0, 0.1) is 0 Å². The Morgan fingerprint density at radius 3 is 2.56 bits per heavy atom. The molecule has 2 rings (SSSR count). The van der Waals surface area contributed by atoms with Crippen molar-refractivity contribution in [1.29, 1.82) is 0 Å². The Bertz CT molecular complexity index is 261. The molecule has 16 heavy (non-hydrogen) atoms. The second-order valence-corrected chi connectivity index (χ2v) is 4.97. The van der Waals surface area contributed by atoms with Crippen LogP contribution in [0.25, 0.3) is 0 Å². The lowest BCUT2D eigenvalue weighted by atomic mass is 10.1. The minimum atomic E-state index is 0.266. The molecule has 2 fully saturated rings. The van der Waals surface area contributed by atoms with Crippen LogP contribution in [-0.2, 0) is 4.74 Å². The minimum Gasteiger partial charge on any atom is -0.376 e. The summed E-state index contributed by atoms with van der Waals surface area (Å²) >= 11 is 0. The van der Waals surface area contributed by atoms with Gasteiger partial charge >= 0.3 is 0 Å². The van der Waals surface area contributed by atoms with Crippen LogP contribution in [0.2, 0.25) is 0 Å². The third kappa shape index (κ3) is 2.48. The standard InChI is InChI=1S/C12H23N3O/c1-9-11(7-8-16-9)15(2)12(13)14-10-5-3-4-6-10/h9-11H,3-8H2,1-2H3,(H2,13,14). The van der Waals surface area contributed by atoms with Gasteiger partial charge < -0.3 is 15.4 Å². The molecule has 2 aliphatic rings. The van der Waals surface area contributed by atoms with Gasteiger partial charge in [0.15, 0.2) is 5.96 Å². The van der Waals surface area contributed by atoms with Crippen molar-refractivity contribution in [3.63, 3.8) is 0 Å². The summed E-state index contributed by atoms with van der Waals surface area (Å²) in [4.78, 5) is 6.71. The SMILES string of the molecule is CC1OCCC1N(C)C(N)=NC1CCCC1. The molecule has 0 spiro atoms. The average molecular weight is 225 g/mol. The fourth-order valence-corrected chi connectivity index (χ4v) is 2.71. The smallest absolute Gasteiger partial charge is 0.191 e.